The summed E-state index contributed by atoms with van der Waals surface area (Å²) in [6, 6.07) is 8.18. The van der Waals surface area contributed by atoms with Crippen LogP contribution in [0.5, 0.6) is 5.75 Å². The van der Waals surface area contributed by atoms with Gasteiger partial charge in [0.25, 0.3) is 0 Å². The Morgan fingerprint density at radius 1 is 1.09 bits per heavy atom. The number of hydrogen-bond donors (Lipinski definition) is 4. The summed E-state index contributed by atoms with van der Waals surface area (Å²) in [4.78, 5) is 0. The molecule has 1 saturated heterocycles. The molecule has 0 saturated carbocycles. The van der Waals surface area contributed by atoms with E-state index in [-0.39, 0.29) is 6.42 Å². The lowest BCUT2D eigenvalue weighted by molar-refractivity contribution is -0.250. The Morgan fingerprint density at radius 3 is 2.50 bits per heavy atom. The lowest BCUT2D eigenvalue weighted by atomic mass is 9.98. The van der Waals surface area contributed by atoms with Crippen molar-refractivity contribution in [2.45, 2.75) is 44.0 Å². The molecule has 1 aliphatic heterocycles. The molecule has 0 spiro atoms. The van der Waals surface area contributed by atoms with Gasteiger partial charge < -0.3 is 34.5 Å². The number of ether oxygens (including phenoxy) is 2. The van der Waals surface area contributed by atoms with Crippen molar-refractivity contribution >= 4 is 22.5 Å². The minimum atomic E-state index is -1.53. The van der Waals surface area contributed by atoms with E-state index in [1.807, 2.05) is 13.0 Å². The van der Waals surface area contributed by atoms with E-state index in [2.05, 4.69) is 0 Å². The Labute approximate surface area is 189 Å². The number of aromatic nitrogens is 1. The fourth-order valence-corrected chi connectivity index (χ4v) is 4.53. The van der Waals surface area contributed by atoms with Crippen LogP contribution in [0, 0.1) is 12.7 Å². The molecular formula is C23H25ClFNO6. The van der Waals surface area contributed by atoms with Gasteiger partial charge in [-0.25, -0.2) is 4.39 Å². The first kappa shape index (κ1) is 23.0. The third-order valence-corrected chi connectivity index (χ3v) is 6.30. The van der Waals surface area contributed by atoms with Crippen molar-refractivity contribution in [3.8, 4) is 5.75 Å². The molecule has 7 nitrogen and oxygen atoms in total. The van der Waals surface area contributed by atoms with Crippen molar-refractivity contribution in [3.63, 3.8) is 0 Å². The number of benzene rings is 2. The van der Waals surface area contributed by atoms with E-state index >= 15 is 0 Å². The molecule has 5 atom stereocenters. The Balaban J connectivity index is 1.84. The number of fused-ring (bicyclic) bond motifs is 1. The first-order chi connectivity index (χ1) is 15.3. The molecule has 0 radical (unpaired) electrons. The van der Waals surface area contributed by atoms with Gasteiger partial charge in [-0.3, -0.25) is 0 Å². The van der Waals surface area contributed by atoms with Crippen LogP contribution in [0.15, 0.2) is 36.5 Å². The second-order valence-electron chi connectivity index (χ2n) is 8.00. The zero-order valence-corrected chi connectivity index (χ0v) is 18.3. The van der Waals surface area contributed by atoms with Gasteiger partial charge in [0, 0.05) is 24.1 Å². The highest BCUT2D eigenvalue weighted by molar-refractivity contribution is 6.35. The number of aliphatic hydroxyl groups is 4. The minimum Gasteiger partial charge on any atom is -0.497 e. The lowest BCUT2D eigenvalue weighted by Gasteiger charge is -2.40. The highest BCUT2D eigenvalue weighted by Gasteiger charge is 2.44. The highest BCUT2D eigenvalue weighted by Crippen LogP contribution is 2.38. The van der Waals surface area contributed by atoms with E-state index in [4.69, 9.17) is 21.1 Å². The van der Waals surface area contributed by atoms with E-state index < -0.39 is 43.1 Å². The number of aliphatic hydroxyl groups excluding tert-OH is 4. The standard InChI is InChI=1S/C23H25ClFNO6/c1-11-3-6-15(24)19-18(11)13(7-12-4-5-14(31-2)8-16(12)25)9-26(19)23-22(30)21(29)20(28)17(10-27)32-23/h3-6,8-9,17,20-23,27-30H,7,10H2,1-2H3/t17-,20-,21+,22-,23-/m1/s1. The van der Waals surface area contributed by atoms with Crippen LogP contribution in [0.4, 0.5) is 4.39 Å². The van der Waals surface area contributed by atoms with Crippen LogP contribution in [-0.2, 0) is 11.2 Å². The molecule has 3 aromatic rings. The number of halogens is 2. The number of hydrogen-bond acceptors (Lipinski definition) is 6. The number of nitrogens with zero attached hydrogens (tertiary/aromatic N) is 1. The predicted octanol–water partition coefficient (Wildman–Crippen LogP) is 2.31. The summed E-state index contributed by atoms with van der Waals surface area (Å²) in [7, 11) is 1.47. The van der Waals surface area contributed by atoms with Gasteiger partial charge in [-0.2, -0.15) is 0 Å². The van der Waals surface area contributed by atoms with Crippen LogP contribution in [0.1, 0.15) is 22.9 Å². The maximum Gasteiger partial charge on any atom is 0.163 e. The predicted molar refractivity (Wildman–Crippen MR) is 116 cm³/mol. The SMILES string of the molecule is COc1ccc(Cc2cn([C@@H]3O[C@H](CO)[C@@H](O)[C@H](O)[C@H]3O)c3c(Cl)ccc(C)c23)c(F)c1. The number of rotatable bonds is 5. The normalized spacial score (nSPS) is 25.9. The lowest BCUT2D eigenvalue weighted by Crippen LogP contribution is -2.56. The van der Waals surface area contributed by atoms with Gasteiger partial charge in [0.2, 0.25) is 0 Å². The third-order valence-electron chi connectivity index (χ3n) is 5.99. The van der Waals surface area contributed by atoms with E-state index in [1.165, 1.54) is 13.2 Å². The van der Waals surface area contributed by atoms with E-state index in [0.29, 0.717) is 21.9 Å². The van der Waals surface area contributed by atoms with Crippen molar-refractivity contribution in [2.75, 3.05) is 13.7 Å². The highest BCUT2D eigenvalue weighted by atomic mass is 35.5. The van der Waals surface area contributed by atoms with Crippen molar-refractivity contribution in [1.29, 1.82) is 0 Å². The average Bonchev–Trinajstić information content (AvgIpc) is 3.16. The zero-order valence-electron chi connectivity index (χ0n) is 17.6. The maximum absolute atomic E-state index is 14.7. The van der Waals surface area contributed by atoms with Crippen molar-refractivity contribution in [1.82, 2.24) is 4.57 Å². The van der Waals surface area contributed by atoms with Gasteiger partial charge >= 0.3 is 0 Å². The Bertz CT molecular complexity index is 1130. The summed E-state index contributed by atoms with van der Waals surface area (Å²) < 4.78 is 27.0. The fraction of sp³-hybridized carbons (Fsp3) is 0.391. The zero-order chi connectivity index (χ0) is 23.2. The van der Waals surface area contributed by atoms with E-state index in [1.54, 1.807) is 29.0 Å². The van der Waals surface area contributed by atoms with Crippen LogP contribution >= 0.6 is 11.6 Å². The van der Waals surface area contributed by atoms with Crippen LogP contribution in [0.2, 0.25) is 5.02 Å². The fourth-order valence-electron chi connectivity index (χ4n) is 4.27. The van der Waals surface area contributed by atoms with Gasteiger partial charge in [0.05, 0.1) is 24.3 Å². The number of aryl methyl sites for hydroxylation is 1. The topological polar surface area (TPSA) is 104 Å². The van der Waals surface area contributed by atoms with Crippen LogP contribution in [0.3, 0.4) is 0 Å². The van der Waals surface area contributed by atoms with Crippen molar-refractivity contribution in [3.05, 3.63) is 64.1 Å². The molecule has 4 N–H and O–H groups in total. The summed E-state index contributed by atoms with van der Waals surface area (Å²) in [6.45, 7) is 1.35. The molecule has 172 valence electrons. The average molecular weight is 466 g/mol. The molecule has 4 rings (SSSR count). The van der Waals surface area contributed by atoms with Gasteiger partial charge in [-0.15, -0.1) is 0 Å². The molecular weight excluding hydrogens is 441 g/mol. The van der Waals surface area contributed by atoms with Gasteiger partial charge in [-0.05, 0) is 35.7 Å². The first-order valence-electron chi connectivity index (χ1n) is 10.2. The van der Waals surface area contributed by atoms with Crippen molar-refractivity contribution in [2.24, 2.45) is 0 Å². The molecule has 0 aliphatic carbocycles. The summed E-state index contributed by atoms with van der Waals surface area (Å²) >= 11 is 6.51. The first-order valence-corrected chi connectivity index (χ1v) is 10.6. The Hall–Kier alpha value is -2.20. The molecule has 0 bridgehead atoms. The molecule has 2 heterocycles. The molecule has 9 heteroatoms. The quantitative estimate of drug-likeness (QED) is 0.461. The summed E-state index contributed by atoms with van der Waals surface area (Å²) in [5.74, 6) is -0.00741. The van der Waals surface area contributed by atoms with Crippen LogP contribution < -0.4 is 4.74 Å². The Morgan fingerprint density at radius 2 is 1.84 bits per heavy atom. The van der Waals surface area contributed by atoms with E-state index in [0.717, 1.165) is 16.5 Å². The van der Waals surface area contributed by atoms with E-state index in [9.17, 15) is 24.8 Å². The molecule has 32 heavy (non-hydrogen) atoms. The molecule has 2 aromatic carbocycles. The summed E-state index contributed by atoms with van der Waals surface area (Å²) in [5.41, 5.74) is 2.61. The minimum absolute atomic E-state index is 0.234. The van der Waals surface area contributed by atoms with Crippen molar-refractivity contribution < 1.29 is 34.3 Å². The van der Waals surface area contributed by atoms with Gasteiger partial charge in [0.1, 0.15) is 36.0 Å². The molecule has 1 fully saturated rings. The molecule has 1 aliphatic rings. The largest absolute Gasteiger partial charge is 0.497 e. The Kier molecular flexibility index (Phi) is 6.44. The number of methoxy groups -OCH3 is 1. The molecule has 0 amide bonds. The summed E-state index contributed by atoms with van der Waals surface area (Å²) in [5, 5.41) is 41.7. The molecule has 1 aromatic heterocycles. The maximum atomic E-state index is 14.7. The van der Waals surface area contributed by atoms with Gasteiger partial charge in [-0.1, -0.05) is 23.7 Å². The second-order valence-corrected chi connectivity index (χ2v) is 8.41. The van der Waals surface area contributed by atoms with Gasteiger partial charge in [0.15, 0.2) is 6.23 Å². The smallest absolute Gasteiger partial charge is 0.163 e. The third kappa shape index (κ3) is 3.87. The molecule has 0 unspecified atom stereocenters. The van der Waals surface area contributed by atoms with Crippen LogP contribution in [0.25, 0.3) is 10.9 Å². The summed E-state index contributed by atoms with van der Waals surface area (Å²) in [6.07, 6.45) is -4.75. The van der Waals surface area contributed by atoms with Crippen LogP contribution in [-0.4, -0.2) is 63.1 Å². The second kappa shape index (κ2) is 8.97. The monoisotopic (exact) mass is 465 g/mol.